The van der Waals surface area contributed by atoms with E-state index in [1.165, 1.54) is 30.7 Å². The molecular formula is C13H25NO4S. The van der Waals surface area contributed by atoms with Crippen LogP contribution in [0.3, 0.4) is 0 Å². The number of hydrogen-bond acceptors (Lipinski definition) is 4. The van der Waals surface area contributed by atoms with Crippen LogP contribution in [0.4, 0.5) is 0 Å². The lowest BCUT2D eigenvalue weighted by molar-refractivity contribution is -0.140. The van der Waals surface area contributed by atoms with E-state index in [2.05, 4.69) is 4.74 Å². The molecule has 6 heteroatoms. The third kappa shape index (κ3) is 5.91. The van der Waals surface area contributed by atoms with E-state index < -0.39 is 10.0 Å². The van der Waals surface area contributed by atoms with Gasteiger partial charge >= 0.3 is 5.97 Å². The van der Waals surface area contributed by atoms with Gasteiger partial charge in [-0.1, -0.05) is 19.3 Å². The average Bonchev–Trinajstić information content (AvgIpc) is 2.39. The molecule has 0 saturated heterocycles. The van der Waals surface area contributed by atoms with Crippen molar-refractivity contribution in [3.05, 3.63) is 0 Å². The molecule has 5 nitrogen and oxygen atoms in total. The van der Waals surface area contributed by atoms with Crippen LogP contribution in [0.1, 0.15) is 44.9 Å². The van der Waals surface area contributed by atoms with Gasteiger partial charge in [-0.15, -0.1) is 0 Å². The van der Waals surface area contributed by atoms with Gasteiger partial charge in [0.2, 0.25) is 10.0 Å². The molecular weight excluding hydrogens is 266 g/mol. The number of carbonyl (C=O) groups excluding carboxylic acids is 1. The van der Waals surface area contributed by atoms with E-state index in [1.807, 2.05) is 0 Å². The lowest BCUT2D eigenvalue weighted by Gasteiger charge is -2.26. The van der Waals surface area contributed by atoms with Crippen LogP contribution in [-0.2, 0) is 19.6 Å². The van der Waals surface area contributed by atoms with Crippen LogP contribution in [0.5, 0.6) is 0 Å². The van der Waals surface area contributed by atoms with Crippen molar-refractivity contribution >= 4 is 16.0 Å². The molecule has 1 aliphatic rings. The maximum Gasteiger partial charge on any atom is 0.305 e. The van der Waals surface area contributed by atoms with Gasteiger partial charge in [-0.2, -0.15) is 0 Å². The first-order valence-electron chi connectivity index (χ1n) is 6.96. The maximum atomic E-state index is 12.0. The molecule has 1 rings (SSSR count). The van der Waals surface area contributed by atoms with Gasteiger partial charge in [-0.05, 0) is 25.2 Å². The van der Waals surface area contributed by atoms with E-state index in [4.69, 9.17) is 0 Å². The number of sulfonamides is 1. The predicted octanol–water partition coefficient (Wildman–Crippen LogP) is 1.78. The minimum absolute atomic E-state index is 0.0192. The number of esters is 1. The summed E-state index contributed by atoms with van der Waals surface area (Å²) < 4.78 is 30.1. The third-order valence-corrected chi connectivity index (χ3v) is 5.63. The SMILES string of the molecule is COC(=O)CCCS(=O)(=O)N(C)CC1CCCCC1. The summed E-state index contributed by atoms with van der Waals surface area (Å²) in [5, 5.41) is 0. The molecule has 1 saturated carbocycles. The highest BCUT2D eigenvalue weighted by molar-refractivity contribution is 7.89. The van der Waals surface area contributed by atoms with Gasteiger partial charge in [0.05, 0.1) is 12.9 Å². The summed E-state index contributed by atoms with van der Waals surface area (Å²) in [6.45, 7) is 0.612. The summed E-state index contributed by atoms with van der Waals surface area (Å²) in [7, 11) is -0.285. The smallest absolute Gasteiger partial charge is 0.305 e. The van der Waals surface area contributed by atoms with E-state index in [9.17, 15) is 13.2 Å². The van der Waals surface area contributed by atoms with Crippen LogP contribution in [0.25, 0.3) is 0 Å². The van der Waals surface area contributed by atoms with E-state index in [-0.39, 0.29) is 18.1 Å². The highest BCUT2D eigenvalue weighted by Crippen LogP contribution is 2.24. The molecule has 0 aromatic carbocycles. The van der Waals surface area contributed by atoms with Crippen molar-refractivity contribution in [1.82, 2.24) is 4.31 Å². The monoisotopic (exact) mass is 291 g/mol. The lowest BCUT2D eigenvalue weighted by Crippen LogP contribution is -2.34. The van der Waals surface area contributed by atoms with Crippen molar-refractivity contribution in [2.45, 2.75) is 44.9 Å². The Kier molecular flexibility index (Phi) is 6.79. The van der Waals surface area contributed by atoms with Gasteiger partial charge in [0.15, 0.2) is 0 Å². The lowest BCUT2D eigenvalue weighted by atomic mass is 9.89. The second kappa shape index (κ2) is 7.85. The van der Waals surface area contributed by atoms with Crippen LogP contribution in [0, 0.1) is 5.92 Å². The molecule has 0 atom stereocenters. The van der Waals surface area contributed by atoms with Gasteiger partial charge in [0, 0.05) is 20.0 Å². The molecule has 0 heterocycles. The van der Waals surface area contributed by atoms with Crippen LogP contribution < -0.4 is 0 Å². The second-order valence-corrected chi connectivity index (χ2v) is 7.48. The molecule has 0 aliphatic heterocycles. The van der Waals surface area contributed by atoms with E-state index in [0.29, 0.717) is 18.9 Å². The highest BCUT2D eigenvalue weighted by atomic mass is 32.2. The number of carbonyl (C=O) groups is 1. The van der Waals surface area contributed by atoms with E-state index >= 15 is 0 Å². The van der Waals surface area contributed by atoms with Crippen LogP contribution in [-0.4, -0.2) is 45.1 Å². The van der Waals surface area contributed by atoms with Crippen LogP contribution in [0.2, 0.25) is 0 Å². The molecule has 0 N–H and O–H groups in total. The molecule has 0 bridgehead atoms. The Bertz CT molecular complexity index is 374. The molecule has 1 aliphatic carbocycles. The topological polar surface area (TPSA) is 63.7 Å². The zero-order chi connectivity index (χ0) is 14.3. The minimum Gasteiger partial charge on any atom is -0.469 e. The zero-order valence-electron chi connectivity index (χ0n) is 11.9. The third-order valence-electron chi connectivity index (χ3n) is 3.73. The molecule has 0 radical (unpaired) electrons. The molecule has 0 amide bonds. The molecule has 1 fully saturated rings. The first kappa shape index (κ1) is 16.4. The number of hydrogen-bond donors (Lipinski definition) is 0. The summed E-state index contributed by atoms with van der Waals surface area (Å²) in [6, 6.07) is 0. The fourth-order valence-corrected chi connectivity index (χ4v) is 3.76. The van der Waals surface area contributed by atoms with Crippen molar-refractivity contribution in [3.63, 3.8) is 0 Å². The molecule has 0 unspecified atom stereocenters. The summed E-state index contributed by atoms with van der Waals surface area (Å²) in [6.07, 6.45) is 6.43. The predicted molar refractivity (Wildman–Crippen MR) is 74.2 cm³/mol. The summed E-state index contributed by atoms with van der Waals surface area (Å²) in [5.74, 6) is 0.157. The number of nitrogens with zero attached hydrogens (tertiary/aromatic N) is 1. The second-order valence-electron chi connectivity index (χ2n) is 5.28. The Balaban J connectivity index is 2.35. The Morgan fingerprint density at radius 3 is 2.47 bits per heavy atom. The fraction of sp³-hybridized carbons (Fsp3) is 0.923. The largest absolute Gasteiger partial charge is 0.469 e. The van der Waals surface area contributed by atoms with Gasteiger partial charge in [0.25, 0.3) is 0 Å². The maximum absolute atomic E-state index is 12.0. The van der Waals surface area contributed by atoms with Crippen LogP contribution >= 0.6 is 0 Å². The number of rotatable bonds is 7. The highest BCUT2D eigenvalue weighted by Gasteiger charge is 2.23. The minimum atomic E-state index is -3.24. The Morgan fingerprint density at radius 2 is 1.89 bits per heavy atom. The molecule has 112 valence electrons. The molecule has 0 aromatic rings. The average molecular weight is 291 g/mol. The van der Waals surface area contributed by atoms with Gasteiger partial charge in [0.1, 0.15) is 0 Å². The van der Waals surface area contributed by atoms with Crippen molar-refractivity contribution in [2.24, 2.45) is 5.92 Å². The zero-order valence-corrected chi connectivity index (χ0v) is 12.7. The standard InChI is InChI=1S/C13H25NO4S/c1-14(11-12-7-4-3-5-8-12)19(16,17)10-6-9-13(15)18-2/h12H,3-11H2,1-2H3. The van der Waals surface area contributed by atoms with Crippen LogP contribution in [0.15, 0.2) is 0 Å². The Hall–Kier alpha value is -0.620. The van der Waals surface area contributed by atoms with Crippen molar-refractivity contribution in [2.75, 3.05) is 26.5 Å². The number of ether oxygens (including phenoxy) is 1. The summed E-state index contributed by atoms with van der Waals surface area (Å²) in [5.41, 5.74) is 0. The van der Waals surface area contributed by atoms with Crippen molar-refractivity contribution < 1.29 is 17.9 Å². The summed E-state index contributed by atoms with van der Waals surface area (Å²) >= 11 is 0. The number of methoxy groups -OCH3 is 1. The van der Waals surface area contributed by atoms with Gasteiger partial charge in [-0.3, -0.25) is 4.79 Å². The van der Waals surface area contributed by atoms with Gasteiger partial charge < -0.3 is 4.74 Å². The van der Waals surface area contributed by atoms with Crippen molar-refractivity contribution in [3.8, 4) is 0 Å². The van der Waals surface area contributed by atoms with Gasteiger partial charge in [-0.25, -0.2) is 12.7 Å². The first-order valence-corrected chi connectivity index (χ1v) is 8.57. The normalized spacial score (nSPS) is 17.6. The quantitative estimate of drug-likeness (QED) is 0.671. The summed E-state index contributed by atoms with van der Waals surface area (Å²) in [4.78, 5) is 11.0. The molecule has 0 spiro atoms. The molecule has 19 heavy (non-hydrogen) atoms. The van der Waals surface area contributed by atoms with E-state index in [1.54, 1.807) is 7.05 Å². The Morgan fingerprint density at radius 1 is 1.26 bits per heavy atom. The fourth-order valence-electron chi connectivity index (χ4n) is 2.50. The van der Waals surface area contributed by atoms with Crippen molar-refractivity contribution in [1.29, 1.82) is 0 Å². The molecule has 0 aromatic heterocycles. The Labute approximate surface area is 116 Å². The van der Waals surface area contributed by atoms with E-state index in [0.717, 1.165) is 12.8 Å². The first-order chi connectivity index (χ1) is 8.95.